The second kappa shape index (κ2) is 4.47. The second-order valence-electron chi connectivity index (χ2n) is 2.20. The lowest BCUT2D eigenvalue weighted by Crippen LogP contribution is -2.27. The van der Waals surface area contributed by atoms with Crippen LogP contribution in [-0.2, 0) is 4.79 Å². The topological polar surface area (TPSA) is 58.2 Å². The Morgan fingerprint density at radius 2 is 2.08 bits per heavy atom. The summed E-state index contributed by atoms with van der Waals surface area (Å²) in [7, 11) is 0. The molecule has 0 aliphatic carbocycles. The average Bonchev–Trinajstić information content (AvgIpc) is 2.09. The highest BCUT2D eigenvalue weighted by Gasteiger charge is 2.02. The molecule has 13 heavy (non-hydrogen) atoms. The van der Waals surface area contributed by atoms with E-state index in [-0.39, 0.29) is 0 Å². The largest absolute Gasteiger partial charge is 0.325 e. The fourth-order valence-electron chi connectivity index (χ4n) is 0.774. The van der Waals surface area contributed by atoms with Crippen LogP contribution in [0, 0.1) is 0 Å². The Morgan fingerprint density at radius 3 is 2.69 bits per heavy atom. The Hall–Kier alpha value is -1.55. The van der Waals surface area contributed by atoms with E-state index in [9.17, 15) is 9.59 Å². The van der Waals surface area contributed by atoms with Gasteiger partial charge in [-0.05, 0) is 12.1 Å². The van der Waals surface area contributed by atoms with E-state index in [1.807, 2.05) is 5.32 Å². The first-order chi connectivity index (χ1) is 6.24. The van der Waals surface area contributed by atoms with Crippen molar-refractivity contribution in [3.05, 3.63) is 29.3 Å². The van der Waals surface area contributed by atoms with Gasteiger partial charge in [-0.1, -0.05) is 23.7 Å². The van der Waals surface area contributed by atoms with Crippen LogP contribution in [0.2, 0.25) is 5.02 Å². The summed E-state index contributed by atoms with van der Waals surface area (Å²) in [4.78, 5) is 20.7. The molecule has 0 atom stereocenters. The monoisotopic (exact) mass is 198 g/mol. The maximum Gasteiger partial charge on any atom is 0.325 e. The van der Waals surface area contributed by atoms with Gasteiger partial charge < -0.3 is 5.32 Å². The summed E-state index contributed by atoms with van der Waals surface area (Å²) in [6, 6.07) is 6.13. The summed E-state index contributed by atoms with van der Waals surface area (Å²) < 4.78 is 0. The molecule has 0 saturated heterocycles. The first-order valence-electron chi connectivity index (χ1n) is 3.49. The number of urea groups is 1. The average molecular weight is 199 g/mol. The van der Waals surface area contributed by atoms with Crippen LogP contribution in [0.3, 0.4) is 0 Å². The van der Waals surface area contributed by atoms with Crippen LogP contribution in [0.5, 0.6) is 0 Å². The van der Waals surface area contributed by atoms with Crippen molar-refractivity contribution >= 4 is 29.7 Å². The summed E-state index contributed by atoms with van der Waals surface area (Å²) >= 11 is 5.74. The third-order valence-corrected chi connectivity index (χ3v) is 1.64. The summed E-state index contributed by atoms with van der Waals surface area (Å²) in [6.07, 6.45) is 0.298. The molecule has 1 rings (SSSR count). The molecule has 0 heterocycles. The summed E-state index contributed by atoms with van der Waals surface area (Å²) in [5.41, 5.74) is 0.462. The minimum Gasteiger partial charge on any atom is -0.306 e. The van der Waals surface area contributed by atoms with Gasteiger partial charge in [-0.3, -0.25) is 10.1 Å². The lowest BCUT2D eigenvalue weighted by molar-refractivity contribution is -0.108. The molecule has 0 unspecified atom stereocenters. The standard InChI is InChI=1S/C8H7ClN2O2/c9-6-3-1-2-4-7(6)11-8(13)10-5-12/h1-5H,(H2,10,11,12,13). The van der Waals surface area contributed by atoms with Crippen molar-refractivity contribution in [2.45, 2.75) is 0 Å². The number of benzene rings is 1. The highest BCUT2D eigenvalue weighted by atomic mass is 35.5. The molecule has 3 amide bonds. The van der Waals surface area contributed by atoms with Crippen LogP contribution < -0.4 is 10.6 Å². The Labute approximate surface area is 79.9 Å². The van der Waals surface area contributed by atoms with E-state index in [0.717, 1.165) is 0 Å². The fraction of sp³-hybridized carbons (Fsp3) is 0. The van der Waals surface area contributed by atoms with Gasteiger partial charge in [0.05, 0.1) is 10.7 Å². The van der Waals surface area contributed by atoms with Crippen molar-refractivity contribution in [1.82, 2.24) is 5.32 Å². The van der Waals surface area contributed by atoms with Crippen LogP contribution in [0.15, 0.2) is 24.3 Å². The van der Waals surface area contributed by atoms with Gasteiger partial charge in [0.15, 0.2) is 0 Å². The van der Waals surface area contributed by atoms with E-state index in [4.69, 9.17) is 11.6 Å². The number of hydrogen-bond donors (Lipinski definition) is 2. The molecule has 0 spiro atoms. The van der Waals surface area contributed by atoms with Gasteiger partial charge in [0.25, 0.3) is 0 Å². The number of hydrogen-bond acceptors (Lipinski definition) is 2. The quantitative estimate of drug-likeness (QED) is 0.710. The number of carbonyl (C=O) groups is 2. The summed E-state index contributed by atoms with van der Waals surface area (Å²) in [5.74, 6) is 0. The summed E-state index contributed by atoms with van der Waals surface area (Å²) in [5, 5.41) is 4.75. The maximum atomic E-state index is 10.9. The minimum absolute atomic E-state index is 0.298. The van der Waals surface area contributed by atoms with Gasteiger partial charge in [-0.15, -0.1) is 0 Å². The molecule has 0 aliphatic heterocycles. The molecule has 68 valence electrons. The van der Waals surface area contributed by atoms with Gasteiger partial charge in [-0.25, -0.2) is 4.79 Å². The SMILES string of the molecule is O=CNC(=O)Nc1ccccc1Cl. The van der Waals surface area contributed by atoms with E-state index < -0.39 is 6.03 Å². The van der Waals surface area contributed by atoms with Gasteiger partial charge in [0.2, 0.25) is 6.41 Å². The van der Waals surface area contributed by atoms with E-state index >= 15 is 0 Å². The van der Waals surface area contributed by atoms with Gasteiger partial charge >= 0.3 is 6.03 Å². The van der Waals surface area contributed by atoms with Crippen LogP contribution in [0.4, 0.5) is 10.5 Å². The smallest absolute Gasteiger partial charge is 0.306 e. The van der Waals surface area contributed by atoms with Gasteiger partial charge in [0, 0.05) is 0 Å². The van der Waals surface area contributed by atoms with E-state index in [2.05, 4.69) is 5.32 Å². The molecular formula is C8H7ClN2O2. The highest BCUT2D eigenvalue weighted by Crippen LogP contribution is 2.19. The molecular weight excluding hydrogens is 192 g/mol. The van der Waals surface area contributed by atoms with Crippen LogP contribution >= 0.6 is 11.6 Å². The first kappa shape index (κ1) is 9.54. The van der Waals surface area contributed by atoms with E-state index in [1.165, 1.54) is 0 Å². The minimum atomic E-state index is -0.608. The number of amides is 3. The molecule has 5 heteroatoms. The van der Waals surface area contributed by atoms with Gasteiger partial charge in [-0.2, -0.15) is 0 Å². The number of halogens is 1. The molecule has 1 aromatic rings. The van der Waals surface area contributed by atoms with Crippen molar-refractivity contribution in [3.63, 3.8) is 0 Å². The summed E-state index contributed by atoms with van der Waals surface area (Å²) in [6.45, 7) is 0. The van der Waals surface area contributed by atoms with Gasteiger partial charge in [0.1, 0.15) is 0 Å². The zero-order chi connectivity index (χ0) is 9.68. The number of imide groups is 1. The lowest BCUT2D eigenvalue weighted by atomic mass is 10.3. The second-order valence-corrected chi connectivity index (χ2v) is 2.60. The Kier molecular flexibility index (Phi) is 3.28. The normalized spacial score (nSPS) is 9.00. The molecule has 0 aromatic heterocycles. The van der Waals surface area contributed by atoms with Crippen molar-refractivity contribution in [1.29, 1.82) is 0 Å². The van der Waals surface area contributed by atoms with E-state index in [1.54, 1.807) is 24.3 Å². The molecule has 0 aliphatic rings. The van der Waals surface area contributed by atoms with Crippen molar-refractivity contribution in [2.24, 2.45) is 0 Å². The zero-order valence-corrected chi connectivity index (χ0v) is 7.34. The molecule has 0 bridgehead atoms. The Morgan fingerprint density at radius 1 is 1.38 bits per heavy atom. The van der Waals surface area contributed by atoms with Crippen LogP contribution in [0.25, 0.3) is 0 Å². The number of nitrogens with one attached hydrogen (secondary N) is 2. The zero-order valence-electron chi connectivity index (χ0n) is 6.58. The van der Waals surface area contributed by atoms with Crippen LogP contribution in [-0.4, -0.2) is 12.4 Å². The third-order valence-electron chi connectivity index (χ3n) is 1.31. The molecule has 1 aromatic carbocycles. The fourth-order valence-corrected chi connectivity index (χ4v) is 0.957. The number of para-hydroxylation sites is 1. The molecule has 2 N–H and O–H groups in total. The molecule has 0 saturated carbocycles. The number of carbonyl (C=O) groups excluding carboxylic acids is 2. The molecule has 4 nitrogen and oxygen atoms in total. The third kappa shape index (κ3) is 2.76. The van der Waals surface area contributed by atoms with Crippen molar-refractivity contribution in [3.8, 4) is 0 Å². The Bertz CT molecular complexity index is 328. The first-order valence-corrected chi connectivity index (χ1v) is 3.87. The molecule has 0 fully saturated rings. The van der Waals surface area contributed by atoms with Crippen LogP contribution in [0.1, 0.15) is 0 Å². The maximum absolute atomic E-state index is 10.9. The number of anilines is 1. The Balaban J connectivity index is 2.68. The number of rotatable bonds is 2. The highest BCUT2D eigenvalue weighted by molar-refractivity contribution is 6.33. The van der Waals surface area contributed by atoms with E-state index in [0.29, 0.717) is 17.1 Å². The van der Waals surface area contributed by atoms with Crippen molar-refractivity contribution in [2.75, 3.05) is 5.32 Å². The predicted octanol–water partition coefficient (Wildman–Crippen LogP) is 1.62. The predicted molar refractivity (Wildman–Crippen MR) is 49.7 cm³/mol. The molecule has 0 radical (unpaired) electrons. The lowest BCUT2D eigenvalue weighted by Gasteiger charge is -2.04. The van der Waals surface area contributed by atoms with Crippen molar-refractivity contribution < 1.29 is 9.59 Å².